The number of alkyl halides is 1. The summed E-state index contributed by atoms with van der Waals surface area (Å²) in [5.41, 5.74) is 0. The van der Waals surface area contributed by atoms with Crippen molar-refractivity contribution in [2.45, 2.75) is 25.7 Å². The van der Waals surface area contributed by atoms with Crippen molar-refractivity contribution in [3.8, 4) is 0 Å². The Balaban J connectivity index is 2.35. The second-order valence-electron chi connectivity index (χ2n) is 3.52. The van der Waals surface area contributed by atoms with E-state index in [-0.39, 0.29) is 16.4 Å². The normalized spacial score (nSPS) is 26.6. The molecule has 1 fully saturated rings. The van der Waals surface area contributed by atoms with Gasteiger partial charge in [-0.2, -0.15) is 0 Å². The summed E-state index contributed by atoms with van der Waals surface area (Å²) < 4.78 is 35.4. The van der Waals surface area contributed by atoms with Gasteiger partial charge < -0.3 is 9.47 Å². The summed E-state index contributed by atoms with van der Waals surface area (Å²) in [6.07, 6.45) is -0.192. The van der Waals surface area contributed by atoms with Gasteiger partial charge in [0.25, 0.3) is 0 Å². The van der Waals surface area contributed by atoms with Crippen LogP contribution in [0.5, 0.6) is 0 Å². The van der Waals surface area contributed by atoms with Gasteiger partial charge in [-0.15, -0.1) is 0 Å². The maximum atomic E-state index is 11.1. The van der Waals surface area contributed by atoms with Crippen molar-refractivity contribution in [2.24, 2.45) is 0 Å². The van der Waals surface area contributed by atoms with E-state index in [9.17, 15) is 8.42 Å². The standard InChI is InChI=1S/C7H14INO4S/c1-7(2)12-4-6(13-7)3-9-14(10,11)5-8/h6,9H,3-5H2,1-2H3. The number of nitrogens with one attached hydrogen (secondary N) is 1. The Morgan fingerprint density at radius 3 is 2.64 bits per heavy atom. The van der Waals surface area contributed by atoms with Crippen LogP contribution >= 0.6 is 22.6 Å². The van der Waals surface area contributed by atoms with Gasteiger partial charge in [-0.3, -0.25) is 0 Å². The topological polar surface area (TPSA) is 64.6 Å². The third-order valence-corrected chi connectivity index (χ3v) is 5.10. The molecule has 1 aliphatic rings. The third-order valence-electron chi connectivity index (χ3n) is 1.74. The minimum Gasteiger partial charge on any atom is -0.348 e. The maximum absolute atomic E-state index is 11.1. The van der Waals surface area contributed by atoms with Crippen LogP contribution in [0.2, 0.25) is 0 Å². The summed E-state index contributed by atoms with van der Waals surface area (Å²) in [5.74, 6) is -0.597. The van der Waals surface area contributed by atoms with Crippen molar-refractivity contribution in [3.05, 3.63) is 0 Å². The van der Waals surface area contributed by atoms with Gasteiger partial charge in [0.15, 0.2) is 5.79 Å². The van der Waals surface area contributed by atoms with E-state index < -0.39 is 15.8 Å². The Kier molecular flexibility index (Phi) is 4.15. The van der Waals surface area contributed by atoms with Gasteiger partial charge in [0.1, 0.15) is 3.76 Å². The number of hydrogen-bond donors (Lipinski definition) is 1. The van der Waals surface area contributed by atoms with E-state index in [4.69, 9.17) is 9.47 Å². The molecule has 0 aromatic rings. The van der Waals surface area contributed by atoms with Crippen LogP contribution in [0.15, 0.2) is 0 Å². The van der Waals surface area contributed by atoms with E-state index in [1.807, 2.05) is 0 Å². The lowest BCUT2D eigenvalue weighted by atomic mass is 10.4. The monoisotopic (exact) mass is 335 g/mol. The number of hydrogen-bond acceptors (Lipinski definition) is 4. The first-order chi connectivity index (χ1) is 6.35. The van der Waals surface area contributed by atoms with Crippen LogP contribution < -0.4 is 4.72 Å². The fraction of sp³-hybridized carbons (Fsp3) is 1.00. The minimum absolute atomic E-state index is 0.0573. The van der Waals surface area contributed by atoms with Crippen LogP contribution in [0.1, 0.15) is 13.8 Å². The molecule has 0 spiro atoms. The van der Waals surface area contributed by atoms with Gasteiger partial charge in [0.2, 0.25) is 10.0 Å². The zero-order chi connectivity index (χ0) is 10.8. The largest absolute Gasteiger partial charge is 0.348 e. The van der Waals surface area contributed by atoms with Crippen molar-refractivity contribution < 1.29 is 17.9 Å². The molecule has 0 aromatic heterocycles. The molecule has 1 atom stereocenters. The fourth-order valence-electron chi connectivity index (χ4n) is 1.12. The van der Waals surface area contributed by atoms with Gasteiger partial charge in [-0.1, -0.05) is 22.6 Å². The lowest BCUT2D eigenvalue weighted by Crippen LogP contribution is -2.34. The van der Waals surface area contributed by atoms with Crippen LogP contribution in [-0.4, -0.2) is 37.2 Å². The first-order valence-corrected chi connectivity index (χ1v) is 7.37. The molecule has 1 unspecified atom stereocenters. The summed E-state index contributed by atoms with van der Waals surface area (Å²) in [6.45, 7) is 4.31. The van der Waals surface area contributed by atoms with Crippen molar-refractivity contribution in [3.63, 3.8) is 0 Å². The van der Waals surface area contributed by atoms with E-state index in [1.54, 1.807) is 36.4 Å². The first kappa shape index (κ1) is 12.6. The van der Waals surface area contributed by atoms with E-state index in [1.165, 1.54) is 0 Å². The summed E-state index contributed by atoms with van der Waals surface area (Å²) in [7, 11) is -3.14. The molecule has 0 saturated carbocycles. The highest BCUT2D eigenvalue weighted by Crippen LogP contribution is 2.21. The number of halogens is 1. The molecule has 0 bridgehead atoms. The van der Waals surface area contributed by atoms with E-state index in [0.29, 0.717) is 6.61 Å². The Bertz CT molecular complexity index is 290. The van der Waals surface area contributed by atoms with Crippen molar-refractivity contribution >= 4 is 32.6 Å². The lowest BCUT2D eigenvalue weighted by Gasteiger charge is -2.17. The number of sulfonamides is 1. The molecule has 84 valence electrons. The molecular formula is C7H14INO4S. The highest BCUT2D eigenvalue weighted by Gasteiger charge is 2.32. The number of ether oxygens (including phenoxy) is 2. The van der Waals surface area contributed by atoms with E-state index >= 15 is 0 Å². The minimum atomic E-state index is -3.14. The third kappa shape index (κ3) is 3.97. The second kappa shape index (κ2) is 4.60. The molecule has 1 heterocycles. The Morgan fingerprint density at radius 2 is 2.21 bits per heavy atom. The molecule has 14 heavy (non-hydrogen) atoms. The van der Waals surface area contributed by atoms with Gasteiger partial charge in [-0.05, 0) is 13.8 Å². The average molecular weight is 335 g/mol. The summed E-state index contributed by atoms with van der Waals surface area (Å²) in [4.78, 5) is 0. The van der Waals surface area contributed by atoms with E-state index in [2.05, 4.69) is 4.72 Å². The van der Waals surface area contributed by atoms with Crippen LogP contribution in [-0.2, 0) is 19.5 Å². The zero-order valence-electron chi connectivity index (χ0n) is 8.12. The fourth-order valence-corrected chi connectivity index (χ4v) is 2.30. The molecule has 0 amide bonds. The van der Waals surface area contributed by atoms with Gasteiger partial charge in [0, 0.05) is 6.54 Å². The van der Waals surface area contributed by atoms with Gasteiger partial charge in [-0.25, -0.2) is 13.1 Å². The van der Waals surface area contributed by atoms with Gasteiger partial charge >= 0.3 is 0 Å². The molecule has 0 aromatic carbocycles. The van der Waals surface area contributed by atoms with Crippen molar-refractivity contribution in [2.75, 3.05) is 16.9 Å². The molecule has 1 N–H and O–H groups in total. The first-order valence-electron chi connectivity index (χ1n) is 4.20. The van der Waals surface area contributed by atoms with Crippen LogP contribution in [0, 0.1) is 0 Å². The Labute approximate surface area is 97.7 Å². The van der Waals surface area contributed by atoms with Crippen molar-refractivity contribution in [1.82, 2.24) is 4.72 Å². The average Bonchev–Trinajstić information content (AvgIpc) is 2.43. The van der Waals surface area contributed by atoms with E-state index in [0.717, 1.165) is 0 Å². The predicted octanol–water partition coefficient (Wildman–Crippen LogP) is 0.450. The molecule has 1 saturated heterocycles. The summed E-state index contributed by atoms with van der Waals surface area (Å²) >= 11 is 1.80. The van der Waals surface area contributed by atoms with Crippen molar-refractivity contribution in [1.29, 1.82) is 0 Å². The Hall–Kier alpha value is 0.560. The lowest BCUT2D eigenvalue weighted by molar-refractivity contribution is -0.137. The summed E-state index contributed by atoms with van der Waals surface area (Å²) in [5, 5.41) is 0. The highest BCUT2D eigenvalue weighted by molar-refractivity contribution is 14.1. The molecule has 0 radical (unpaired) electrons. The SMILES string of the molecule is CC1(C)OCC(CNS(=O)(=O)CI)O1. The number of rotatable bonds is 4. The molecule has 7 heteroatoms. The molecule has 0 aliphatic carbocycles. The zero-order valence-corrected chi connectivity index (χ0v) is 11.1. The second-order valence-corrected chi connectivity index (χ2v) is 7.13. The molecule has 1 aliphatic heterocycles. The Morgan fingerprint density at radius 1 is 1.57 bits per heavy atom. The van der Waals surface area contributed by atoms with Crippen LogP contribution in [0.3, 0.4) is 0 Å². The molecular weight excluding hydrogens is 321 g/mol. The van der Waals surface area contributed by atoms with Crippen LogP contribution in [0.25, 0.3) is 0 Å². The molecule has 5 nitrogen and oxygen atoms in total. The highest BCUT2D eigenvalue weighted by atomic mass is 127. The quantitative estimate of drug-likeness (QED) is 0.599. The maximum Gasteiger partial charge on any atom is 0.220 e. The van der Waals surface area contributed by atoms with Gasteiger partial charge in [0.05, 0.1) is 12.7 Å². The van der Waals surface area contributed by atoms with Crippen LogP contribution in [0.4, 0.5) is 0 Å². The predicted molar refractivity (Wildman–Crippen MR) is 60.7 cm³/mol. The summed E-state index contributed by atoms with van der Waals surface area (Å²) in [6, 6.07) is 0. The molecule has 1 rings (SSSR count). The smallest absolute Gasteiger partial charge is 0.220 e.